The number of likely N-dealkylation sites (N-methyl/N-ethyl adjacent to an activating group) is 1. The second-order valence-corrected chi connectivity index (χ2v) is 7.75. The van der Waals surface area contributed by atoms with Gasteiger partial charge in [-0.2, -0.15) is 0 Å². The first kappa shape index (κ1) is 17.2. The summed E-state index contributed by atoms with van der Waals surface area (Å²) in [6, 6.07) is 1.39. The summed E-state index contributed by atoms with van der Waals surface area (Å²) < 4.78 is 0. The zero-order valence-corrected chi connectivity index (χ0v) is 14.8. The molecule has 1 aliphatic carbocycles. The summed E-state index contributed by atoms with van der Waals surface area (Å²) in [4.78, 5) is 5.16. The molecule has 1 saturated heterocycles. The molecular formula is C18H37N3. The van der Waals surface area contributed by atoms with E-state index in [1.807, 2.05) is 0 Å². The molecule has 1 heterocycles. The number of nitrogens with one attached hydrogen (secondary N) is 1. The highest BCUT2D eigenvalue weighted by Gasteiger charge is 2.26. The van der Waals surface area contributed by atoms with Crippen LogP contribution >= 0.6 is 0 Å². The molecule has 1 saturated carbocycles. The van der Waals surface area contributed by atoms with Crippen LogP contribution in [-0.2, 0) is 0 Å². The van der Waals surface area contributed by atoms with Crippen molar-refractivity contribution in [3.05, 3.63) is 0 Å². The Labute approximate surface area is 132 Å². The Kier molecular flexibility index (Phi) is 6.97. The fourth-order valence-electron chi connectivity index (χ4n) is 4.05. The van der Waals surface area contributed by atoms with E-state index >= 15 is 0 Å². The molecule has 0 amide bonds. The van der Waals surface area contributed by atoms with Crippen molar-refractivity contribution in [3.8, 4) is 0 Å². The van der Waals surface area contributed by atoms with Gasteiger partial charge in [-0.3, -0.25) is 4.90 Å². The smallest absolute Gasteiger partial charge is 0.0244 e. The second-order valence-electron chi connectivity index (χ2n) is 7.75. The van der Waals surface area contributed by atoms with E-state index in [0.29, 0.717) is 12.1 Å². The van der Waals surface area contributed by atoms with Crippen LogP contribution < -0.4 is 5.32 Å². The molecule has 0 radical (unpaired) electrons. The van der Waals surface area contributed by atoms with Crippen LogP contribution in [0.2, 0.25) is 0 Å². The van der Waals surface area contributed by atoms with Crippen LogP contribution in [0.4, 0.5) is 0 Å². The SMILES string of the molecule is CC(C)C(CNC(C)C1CCCCC1)N1CCN(C)CC1. The van der Waals surface area contributed by atoms with E-state index in [0.717, 1.165) is 11.8 Å². The maximum atomic E-state index is 3.89. The van der Waals surface area contributed by atoms with Gasteiger partial charge in [0, 0.05) is 44.8 Å². The molecule has 1 N–H and O–H groups in total. The monoisotopic (exact) mass is 295 g/mol. The molecule has 0 aromatic heterocycles. The van der Waals surface area contributed by atoms with Crippen LogP contribution in [0.3, 0.4) is 0 Å². The lowest BCUT2D eigenvalue weighted by Gasteiger charge is -2.41. The normalized spacial score (nSPS) is 26.1. The van der Waals surface area contributed by atoms with Gasteiger partial charge in [0.1, 0.15) is 0 Å². The Morgan fingerprint density at radius 3 is 2.14 bits per heavy atom. The number of nitrogens with zero attached hydrogens (tertiary/aromatic N) is 2. The number of piperazine rings is 1. The zero-order valence-electron chi connectivity index (χ0n) is 14.8. The molecule has 3 heteroatoms. The van der Waals surface area contributed by atoms with Crippen LogP contribution in [0, 0.1) is 11.8 Å². The van der Waals surface area contributed by atoms with Crippen molar-refractivity contribution in [2.45, 2.75) is 65.0 Å². The van der Waals surface area contributed by atoms with Crippen molar-refractivity contribution in [1.29, 1.82) is 0 Å². The molecule has 2 rings (SSSR count). The molecule has 3 nitrogen and oxygen atoms in total. The second kappa shape index (κ2) is 8.50. The molecule has 124 valence electrons. The molecule has 2 atom stereocenters. The Bertz CT molecular complexity index is 278. The fourth-order valence-corrected chi connectivity index (χ4v) is 4.05. The van der Waals surface area contributed by atoms with Crippen molar-refractivity contribution in [2.75, 3.05) is 39.8 Å². The predicted molar refractivity (Wildman–Crippen MR) is 91.7 cm³/mol. The highest BCUT2D eigenvalue weighted by atomic mass is 15.3. The summed E-state index contributed by atoms with van der Waals surface area (Å²) >= 11 is 0. The average molecular weight is 296 g/mol. The maximum absolute atomic E-state index is 3.89. The minimum atomic E-state index is 0.694. The predicted octanol–water partition coefficient (Wildman–Crippen LogP) is 2.82. The molecule has 0 bridgehead atoms. The lowest BCUT2D eigenvalue weighted by Crippen LogP contribution is -2.54. The first-order valence-corrected chi connectivity index (χ1v) is 9.24. The van der Waals surface area contributed by atoms with Gasteiger partial charge in [-0.1, -0.05) is 33.1 Å². The number of hydrogen-bond acceptors (Lipinski definition) is 3. The summed E-state index contributed by atoms with van der Waals surface area (Å²) in [5.74, 6) is 1.65. The third-order valence-corrected chi connectivity index (χ3v) is 5.78. The van der Waals surface area contributed by atoms with Gasteiger partial charge >= 0.3 is 0 Å². The van der Waals surface area contributed by atoms with E-state index in [-0.39, 0.29) is 0 Å². The molecule has 2 unspecified atom stereocenters. The van der Waals surface area contributed by atoms with Gasteiger partial charge in [0.2, 0.25) is 0 Å². The molecule has 2 fully saturated rings. The summed E-state index contributed by atoms with van der Waals surface area (Å²) in [6.45, 7) is 13.3. The zero-order chi connectivity index (χ0) is 15.2. The van der Waals surface area contributed by atoms with Gasteiger partial charge in [-0.15, -0.1) is 0 Å². The molecule has 0 spiro atoms. The largest absolute Gasteiger partial charge is 0.312 e. The van der Waals surface area contributed by atoms with Crippen LogP contribution in [0.5, 0.6) is 0 Å². The summed E-state index contributed by atoms with van der Waals surface area (Å²) in [7, 11) is 2.24. The Morgan fingerprint density at radius 2 is 1.57 bits per heavy atom. The van der Waals surface area contributed by atoms with Crippen LogP contribution in [0.25, 0.3) is 0 Å². The van der Waals surface area contributed by atoms with E-state index in [9.17, 15) is 0 Å². The van der Waals surface area contributed by atoms with Gasteiger partial charge in [0.05, 0.1) is 0 Å². The van der Waals surface area contributed by atoms with Crippen LogP contribution in [0.15, 0.2) is 0 Å². The number of hydrogen-bond donors (Lipinski definition) is 1. The van der Waals surface area contributed by atoms with E-state index in [1.54, 1.807) is 0 Å². The molecule has 2 aliphatic rings. The van der Waals surface area contributed by atoms with Gasteiger partial charge in [0.25, 0.3) is 0 Å². The van der Waals surface area contributed by atoms with Crippen LogP contribution in [0.1, 0.15) is 52.9 Å². The summed E-state index contributed by atoms with van der Waals surface area (Å²) in [6.07, 6.45) is 7.23. The first-order chi connectivity index (χ1) is 10.1. The minimum absolute atomic E-state index is 0.694. The standard InChI is InChI=1S/C18H37N3/c1-15(2)18(21-12-10-20(4)11-13-21)14-19-16(3)17-8-6-5-7-9-17/h15-19H,5-14H2,1-4H3. The summed E-state index contributed by atoms with van der Waals surface area (Å²) in [5.41, 5.74) is 0. The van der Waals surface area contributed by atoms with Gasteiger partial charge in [-0.25, -0.2) is 0 Å². The van der Waals surface area contributed by atoms with Crippen molar-refractivity contribution in [3.63, 3.8) is 0 Å². The van der Waals surface area contributed by atoms with Crippen molar-refractivity contribution in [1.82, 2.24) is 15.1 Å². The molecule has 21 heavy (non-hydrogen) atoms. The number of rotatable bonds is 6. The van der Waals surface area contributed by atoms with E-state index in [4.69, 9.17) is 0 Å². The lowest BCUT2D eigenvalue weighted by atomic mass is 9.84. The Morgan fingerprint density at radius 1 is 0.952 bits per heavy atom. The molecular weight excluding hydrogens is 258 g/mol. The molecule has 0 aromatic carbocycles. The lowest BCUT2D eigenvalue weighted by molar-refractivity contribution is 0.0842. The topological polar surface area (TPSA) is 18.5 Å². The summed E-state index contributed by atoms with van der Waals surface area (Å²) in [5, 5.41) is 3.89. The van der Waals surface area contributed by atoms with Crippen molar-refractivity contribution in [2.24, 2.45) is 11.8 Å². The van der Waals surface area contributed by atoms with Crippen molar-refractivity contribution < 1.29 is 0 Å². The van der Waals surface area contributed by atoms with Gasteiger partial charge in [-0.05, 0) is 38.6 Å². The van der Waals surface area contributed by atoms with Gasteiger partial charge in [0.15, 0.2) is 0 Å². The maximum Gasteiger partial charge on any atom is 0.0244 e. The molecule has 1 aliphatic heterocycles. The Balaban J connectivity index is 1.79. The highest BCUT2D eigenvalue weighted by molar-refractivity contribution is 4.84. The third kappa shape index (κ3) is 5.22. The van der Waals surface area contributed by atoms with Gasteiger partial charge < -0.3 is 10.2 Å². The van der Waals surface area contributed by atoms with E-state index in [1.165, 1.54) is 64.8 Å². The average Bonchev–Trinajstić information content (AvgIpc) is 2.49. The minimum Gasteiger partial charge on any atom is -0.312 e. The third-order valence-electron chi connectivity index (χ3n) is 5.78. The fraction of sp³-hybridized carbons (Fsp3) is 1.00. The first-order valence-electron chi connectivity index (χ1n) is 9.24. The quantitative estimate of drug-likeness (QED) is 0.813. The highest BCUT2D eigenvalue weighted by Crippen LogP contribution is 2.26. The van der Waals surface area contributed by atoms with E-state index in [2.05, 4.69) is 42.9 Å². The van der Waals surface area contributed by atoms with Crippen LogP contribution in [-0.4, -0.2) is 61.7 Å². The van der Waals surface area contributed by atoms with Crippen molar-refractivity contribution >= 4 is 0 Å². The Hall–Kier alpha value is -0.120. The van der Waals surface area contributed by atoms with E-state index < -0.39 is 0 Å². The molecule has 0 aromatic rings.